The molecule has 0 spiro atoms. The maximum Gasteiger partial charge on any atom is 0.326 e. The largest absolute Gasteiger partial charge is 0.480 e. The predicted molar refractivity (Wildman–Crippen MR) is 65.1 cm³/mol. The molecule has 1 amide bonds. The Balaban J connectivity index is 1.78. The summed E-state index contributed by atoms with van der Waals surface area (Å²) >= 11 is 0. The lowest BCUT2D eigenvalue weighted by Gasteiger charge is -2.24. The van der Waals surface area contributed by atoms with E-state index < -0.39 is 12.0 Å². The summed E-state index contributed by atoms with van der Waals surface area (Å²) in [5.74, 6) is -0.299. The number of hydrogen-bond donors (Lipinski definition) is 1. The molecule has 2 fully saturated rings. The standard InChI is InChI=1S/C13H21NO4/c15-12(4-3-10-5-8-18-9-6-10)14-7-1-2-11(14)13(16)17/h10-11H,1-9H2,(H,16,17). The lowest BCUT2D eigenvalue weighted by molar-refractivity contribution is -0.148. The molecule has 0 aliphatic carbocycles. The molecule has 1 N–H and O–H groups in total. The number of aliphatic carboxylic acids is 1. The van der Waals surface area contributed by atoms with Crippen LogP contribution in [0.2, 0.25) is 0 Å². The van der Waals surface area contributed by atoms with Gasteiger partial charge in [0.25, 0.3) is 0 Å². The minimum absolute atomic E-state index is 0.00592. The monoisotopic (exact) mass is 255 g/mol. The Bertz CT molecular complexity index is 312. The van der Waals surface area contributed by atoms with Crippen LogP contribution in [0.1, 0.15) is 38.5 Å². The van der Waals surface area contributed by atoms with Gasteiger partial charge in [0.15, 0.2) is 0 Å². The lowest BCUT2D eigenvalue weighted by Crippen LogP contribution is -2.40. The quantitative estimate of drug-likeness (QED) is 0.821. The molecule has 2 saturated heterocycles. The van der Waals surface area contributed by atoms with Crippen molar-refractivity contribution in [3.8, 4) is 0 Å². The lowest BCUT2D eigenvalue weighted by atomic mass is 9.94. The van der Waals surface area contributed by atoms with Crippen LogP contribution >= 0.6 is 0 Å². The van der Waals surface area contributed by atoms with Crippen LogP contribution < -0.4 is 0 Å². The van der Waals surface area contributed by atoms with Gasteiger partial charge in [-0.3, -0.25) is 4.79 Å². The van der Waals surface area contributed by atoms with E-state index in [4.69, 9.17) is 9.84 Å². The fraction of sp³-hybridized carbons (Fsp3) is 0.846. The van der Waals surface area contributed by atoms with Crippen molar-refractivity contribution in [1.29, 1.82) is 0 Å². The summed E-state index contributed by atoms with van der Waals surface area (Å²) in [6, 6.07) is -0.591. The molecule has 0 aromatic heterocycles. The SMILES string of the molecule is O=C(O)C1CCCN1C(=O)CCC1CCOCC1. The number of nitrogens with zero attached hydrogens (tertiary/aromatic N) is 1. The molecular formula is C13H21NO4. The minimum atomic E-state index is -0.869. The average Bonchev–Trinajstić information content (AvgIpc) is 2.86. The fourth-order valence-electron chi connectivity index (χ4n) is 2.83. The van der Waals surface area contributed by atoms with Gasteiger partial charge in [-0.1, -0.05) is 0 Å². The third-order valence-electron chi connectivity index (χ3n) is 3.97. The minimum Gasteiger partial charge on any atom is -0.480 e. The molecule has 5 heteroatoms. The highest BCUT2D eigenvalue weighted by Crippen LogP contribution is 2.23. The zero-order chi connectivity index (χ0) is 13.0. The zero-order valence-electron chi connectivity index (χ0n) is 10.6. The topological polar surface area (TPSA) is 66.8 Å². The summed E-state index contributed by atoms with van der Waals surface area (Å²) < 4.78 is 5.28. The molecule has 0 radical (unpaired) electrons. The summed E-state index contributed by atoms with van der Waals surface area (Å²) in [5, 5.41) is 9.04. The van der Waals surface area contributed by atoms with E-state index in [9.17, 15) is 9.59 Å². The first-order valence-corrected chi connectivity index (χ1v) is 6.78. The van der Waals surface area contributed by atoms with Crippen LogP contribution in [-0.2, 0) is 14.3 Å². The second-order valence-corrected chi connectivity index (χ2v) is 5.18. The van der Waals surface area contributed by atoms with Gasteiger partial charge in [0, 0.05) is 26.2 Å². The summed E-state index contributed by atoms with van der Waals surface area (Å²) in [6.07, 6.45) is 4.79. The molecule has 1 unspecified atom stereocenters. The highest BCUT2D eigenvalue weighted by atomic mass is 16.5. The van der Waals surface area contributed by atoms with Crippen molar-refractivity contribution in [3.63, 3.8) is 0 Å². The second-order valence-electron chi connectivity index (χ2n) is 5.18. The molecule has 102 valence electrons. The van der Waals surface area contributed by atoms with Crippen LogP contribution in [0, 0.1) is 5.92 Å². The second kappa shape index (κ2) is 6.18. The molecule has 1 atom stereocenters. The number of hydrogen-bond acceptors (Lipinski definition) is 3. The van der Waals surface area contributed by atoms with Crippen LogP contribution in [0.25, 0.3) is 0 Å². The van der Waals surface area contributed by atoms with E-state index in [1.54, 1.807) is 4.90 Å². The number of amides is 1. The van der Waals surface area contributed by atoms with Crippen molar-refractivity contribution in [3.05, 3.63) is 0 Å². The first kappa shape index (κ1) is 13.3. The molecule has 0 bridgehead atoms. The Morgan fingerprint density at radius 1 is 1.22 bits per heavy atom. The number of ether oxygens (including phenoxy) is 1. The van der Waals surface area contributed by atoms with Crippen LogP contribution in [0.3, 0.4) is 0 Å². The maximum atomic E-state index is 12.0. The number of likely N-dealkylation sites (tertiary alicyclic amines) is 1. The third-order valence-corrected chi connectivity index (χ3v) is 3.97. The first-order valence-electron chi connectivity index (χ1n) is 6.78. The fourth-order valence-corrected chi connectivity index (χ4v) is 2.83. The van der Waals surface area contributed by atoms with E-state index in [-0.39, 0.29) is 5.91 Å². The van der Waals surface area contributed by atoms with Crippen molar-refractivity contribution < 1.29 is 19.4 Å². The van der Waals surface area contributed by atoms with E-state index in [0.29, 0.717) is 25.3 Å². The summed E-state index contributed by atoms with van der Waals surface area (Å²) in [7, 11) is 0. The van der Waals surface area contributed by atoms with Gasteiger partial charge in [-0.15, -0.1) is 0 Å². The predicted octanol–water partition coefficient (Wildman–Crippen LogP) is 1.27. The molecule has 2 heterocycles. The van der Waals surface area contributed by atoms with E-state index >= 15 is 0 Å². The van der Waals surface area contributed by atoms with Crippen molar-refractivity contribution in [1.82, 2.24) is 4.90 Å². The van der Waals surface area contributed by atoms with Crippen molar-refractivity contribution in [2.45, 2.75) is 44.6 Å². The smallest absolute Gasteiger partial charge is 0.326 e. The van der Waals surface area contributed by atoms with Crippen LogP contribution in [0.15, 0.2) is 0 Å². The van der Waals surface area contributed by atoms with E-state index in [0.717, 1.165) is 38.9 Å². The van der Waals surface area contributed by atoms with Gasteiger partial charge in [-0.2, -0.15) is 0 Å². The Kier molecular flexibility index (Phi) is 4.58. The number of carboxylic acid groups (broad SMARTS) is 1. The van der Waals surface area contributed by atoms with Crippen molar-refractivity contribution in [2.75, 3.05) is 19.8 Å². The van der Waals surface area contributed by atoms with E-state index in [1.807, 2.05) is 0 Å². The van der Waals surface area contributed by atoms with Gasteiger partial charge in [-0.25, -0.2) is 4.79 Å². The van der Waals surface area contributed by atoms with Crippen molar-refractivity contribution in [2.24, 2.45) is 5.92 Å². The number of carboxylic acids is 1. The van der Waals surface area contributed by atoms with Gasteiger partial charge in [0.05, 0.1) is 0 Å². The molecule has 2 rings (SSSR count). The van der Waals surface area contributed by atoms with Gasteiger partial charge >= 0.3 is 5.97 Å². The highest BCUT2D eigenvalue weighted by molar-refractivity contribution is 5.84. The third kappa shape index (κ3) is 3.22. The number of rotatable bonds is 4. The Morgan fingerprint density at radius 2 is 1.94 bits per heavy atom. The van der Waals surface area contributed by atoms with E-state index in [2.05, 4.69) is 0 Å². The molecule has 18 heavy (non-hydrogen) atoms. The average molecular weight is 255 g/mol. The van der Waals surface area contributed by atoms with Gasteiger partial charge in [0.1, 0.15) is 6.04 Å². The number of carbonyl (C=O) groups excluding carboxylic acids is 1. The van der Waals surface area contributed by atoms with Crippen LogP contribution in [-0.4, -0.2) is 47.7 Å². The van der Waals surface area contributed by atoms with Gasteiger partial charge in [0.2, 0.25) is 5.91 Å². The Labute approximate surface area is 107 Å². The highest BCUT2D eigenvalue weighted by Gasteiger charge is 2.33. The molecular weight excluding hydrogens is 234 g/mol. The van der Waals surface area contributed by atoms with E-state index in [1.165, 1.54) is 0 Å². The molecule has 5 nitrogen and oxygen atoms in total. The summed E-state index contributed by atoms with van der Waals surface area (Å²) in [5.41, 5.74) is 0. The molecule has 0 aromatic carbocycles. The summed E-state index contributed by atoms with van der Waals surface area (Å²) in [4.78, 5) is 24.6. The molecule has 2 aliphatic heterocycles. The Morgan fingerprint density at radius 3 is 2.61 bits per heavy atom. The van der Waals surface area contributed by atoms with Gasteiger partial charge in [-0.05, 0) is 38.0 Å². The first-order chi connectivity index (χ1) is 8.68. The Hall–Kier alpha value is -1.10. The molecule has 0 saturated carbocycles. The van der Waals surface area contributed by atoms with Gasteiger partial charge < -0.3 is 14.7 Å². The normalized spacial score (nSPS) is 25.3. The van der Waals surface area contributed by atoms with Crippen molar-refractivity contribution >= 4 is 11.9 Å². The van der Waals surface area contributed by atoms with Crippen LogP contribution in [0.5, 0.6) is 0 Å². The number of carbonyl (C=O) groups is 2. The zero-order valence-corrected chi connectivity index (χ0v) is 10.6. The molecule has 2 aliphatic rings. The molecule has 0 aromatic rings. The maximum absolute atomic E-state index is 12.0. The van der Waals surface area contributed by atoms with Crippen LogP contribution in [0.4, 0.5) is 0 Å². The summed E-state index contributed by atoms with van der Waals surface area (Å²) in [6.45, 7) is 2.18.